The molecular formula is C14H25N7. The van der Waals surface area contributed by atoms with Gasteiger partial charge < -0.3 is 5.32 Å². The molecule has 7 heteroatoms. The van der Waals surface area contributed by atoms with Crippen LogP contribution in [0.4, 0.5) is 17.8 Å². The van der Waals surface area contributed by atoms with Crippen LogP contribution in [0.5, 0.6) is 0 Å². The van der Waals surface area contributed by atoms with Crippen LogP contribution in [-0.4, -0.2) is 47.2 Å². The first kappa shape index (κ1) is 19.0. The molecule has 21 heavy (non-hydrogen) atoms. The van der Waals surface area contributed by atoms with Crippen LogP contribution in [0, 0.1) is 0 Å². The lowest BCUT2D eigenvalue weighted by Gasteiger charge is -2.16. The summed E-state index contributed by atoms with van der Waals surface area (Å²) in [4.78, 5) is 21.8. The standard InChI is InChI=1S/C8H19N.C6H6N6/c1-5-7(3)9-8(4)6-2;1-7-4-10-5(8-2)12-6(9-3)11-4/h7-9H,5-6H2,1-4H3;1-3H2. The van der Waals surface area contributed by atoms with Crippen LogP contribution in [-0.2, 0) is 0 Å². The highest BCUT2D eigenvalue weighted by Gasteiger charge is 2.01. The second-order valence-electron chi connectivity index (χ2n) is 4.50. The van der Waals surface area contributed by atoms with Crippen LogP contribution in [0.25, 0.3) is 0 Å². The Morgan fingerprint density at radius 1 is 0.810 bits per heavy atom. The van der Waals surface area contributed by atoms with E-state index in [4.69, 9.17) is 0 Å². The predicted octanol–water partition coefficient (Wildman–Crippen LogP) is 3.04. The molecule has 0 saturated carbocycles. The van der Waals surface area contributed by atoms with Crippen molar-refractivity contribution in [2.24, 2.45) is 15.0 Å². The molecule has 0 saturated heterocycles. The van der Waals surface area contributed by atoms with Gasteiger partial charge in [0.05, 0.1) is 0 Å². The third-order valence-corrected chi connectivity index (χ3v) is 2.82. The van der Waals surface area contributed by atoms with E-state index in [-0.39, 0.29) is 17.8 Å². The van der Waals surface area contributed by atoms with Gasteiger partial charge in [-0.1, -0.05) is 13.8 Å². The van der Waals surface area contributed by atoms with Gasteiger partial charge in [-0.2, -0.15) is 15.0 Å². The average molecular weight is 291 g/mol. The Kier molecular flexibility index (Phi) is 9.70. The molecule has 1 aromatic heterocycles. The van der Waals surface area contributed by atoms with Crippen LogP contribution >= 0.6 is 0 Å². The number of aromatic nitrogens is 3. The molecule has 116 valence electrons. The van der Waals surface area contributed by atoms with Gasteiger partial charge in [0.25, 0.3) is 17.8 Å². The first-order valence-corrected chi connectivity index (χ1v) is 6.92. The van der Waals surface area contributed by atoms with Gasteiger partial charge in [0, 0.05) is 12.1 Å². The van der Waals surface area contributed by atoms with E-state index in [0.29, 0.717) is 12.1 Å². The number of nitrogens with one attached hydrogen (secondary N) is 1. The van der Waals surface area contributed by atoms with Gasteiger partial charge in [0.1, 0.15) is 0 Å². The maximum absolute atomic E-state index is 3.75. The molecule has 1 heterocycles. The lowest BCUT2D eigenvalue weighted by molar-refractivity contribution is 0.449. The third kappa shape index (κ3) is 7.98. The monoisotopic (exact) mass is 291 g/mol. The van der Waals surface area contributed by atoms with Crippen molar-refractivity contribution < 1.29 is 0 Å². The molecule has 0 amide bonds. The van der Waals surface area contributed by atoms with E-state index < -0.39 is 0 Å². The zero-order chi connectivity index (χ0) is 16.3. The summed E-state index contributed by atoms with van der Waals surface area (Å²) in [5.74, 6) is 0.486. The number of nitrogens with zero attached hydrogens (tertiary/aromatic N) is 6. The molecule has 0 aromatic carbocycles. The van der Waals surface area contributed by atoms with Gasteiger partial charge in [-0.25, -0.2) is 15.0 Å². The summed E-state index contributed by atoms with van der Waals surface area (Å²) in [5, 5.41) is 3.48. The maximum Gasteiger partial charge on any atom is 0.255 e. The topological polar surface area (TPSA) is 87.8 Å². The lowest BCUT2D eigenvalue weighted by Crippen LogP contribution is -2.33. The van der Waals surface area contributed by atoms with E-state index in [9.17, 15) is 0 Å². The zero-order valence-electron chi connectivity index (χ0n) is 13.4. The van der Waals surface area contributed by atoms with Crippen molar-refractivity contribution >= 4 is 38.0 Å². The van der Waals surface area contributed by atoms with Crippen molar-refractivity contribution in [1.82, 2.24) is 20.3 Å². The fraction of sp³-hybridized carbons (Fsp3) is 0.571. The average Bonchev–Trinajstić information content (AvgIpc) is 2.54. The zero-order valence-corrected chi connectivity index (χ0v) is 13.4. The van der Waals surface area contributed by atoms with E-state index in [1.54, 1.807) is 0 Å². The molecule has 0 fully saturated rings. The fourth-order valence-corrected chi connectivity index (χ4v) is 1.28. The largest absolute Gasteiger partial charge is 0.312 e. The molecule has 0 bridgehead atoms. The molecule has 0 aliphatic rings. The van der Waals surface area contributed by atoms with Crippen molar-refractivity contribution in [1.29, 1.82) is 0 Å². The lowest BCUT2D eigenvalue weighted by atomic mass is 10.2. The van der Waals surface area contributed by atoms with Crippen LogP contribution in [0.1, 0.15) is 40.5 Å². The Morgan fingerprint density at radius 3 is 1.29 bits per heavy atom. The van der Waals surface area contributed by atoms with E-state index in [1.807, 2.05) is 0 Å². The minimum Gasteiger partial charge on any atom is -0.312 e. The molecule has 0 spiro atoms. The molecule has 0 aliphatic carbocycles. The van der Waals surface area contributed by atoms with Gasteiger partial charge in [0.2, 0.25) is 0 Å². The Labute approximate surface area is 126 Å². The quantitative estimate of drug-likeness (QED) is 0.782. The number of hydrogen-bond donors (Lipinski definition) is 1. The predicted molar refractivity (Wildman–Crippen MR) is 90.1 cm³/mol. The summed E-state index contributed by atoms with van der Waals surface area (Å²) in [6.45, 7) is 18.6. The maximum atomic E-state index is 3.75. The van der Waals surface area contributed by atoms with Gasteiger partial charge >= 0.3 is 0 Å². The molecule has 7 nitrogen and oxygen atoms in total. The van der Waals surface area contributed by atoms with Gasteiger partial charge in [-0.15, -0.1) is 0 Å². The highest BCUT2D eigenvalue weighted by atomic mass is 15.2. The summed E-state index contributed by atoms with van der Waals surface area (Å²) >= 11 is 0. The second kappa shape index (κ2) is 10.7. The van der Waals surface area contributed by atoms with Crippen LogP contribution in [0.3, 0.4) is 0 Å². The Bertz CT molecular complexity index is 386. The minimum atomic E-state index is 0.162. The highest BCUT2D eigenvalue weighted by Crippen LogP contribution is 2.13. The van der Waals surface area contributed by atoms with Crippen LogP contribution in [0.2, 0.25) is 0 Å². The summed E-state index contributed by atoms with van der Waals surface area (Å²) in [5.41, 5.74) is 0. The molecule has 0 radical (unpaired) electrons. The van der Waals surface area contributed by atoms with Crippen molar-refractivity contribution in [3.05, 3.63) is 0 Å². The smallest absolute Gasteiger partial charge is 0.255 e. The van der Waals surface area contributed by atoms with Gasteiger partial charge in [-0.05, 0) is 46.8 Å². The van der Waals surface area contributed by atoms with E-state index in [0.717, 1.165) is 0 Å². The second-order valence-corrected chi connectivity index (χ2v) is 4.50. The number of hydrogen-bond acceptors (Lipinski definition) is 7. The first-order chi connectivity index (χ1) is 10.00. The molecule has 0 aliphatic heterocycles. The van der Waals surface area contributed by atoms with E-state index in [2.05, 4.69) is 83.1 Å². The van der Waals surface area contributed by atoms with Crippen LogP contribution < -0.4 is 5.32 Å². The Balaban J connectivity index is 0.000000400. The number of rotatable bonds is 7. The van der Waals surface area contributed by atoms with E-state index >= 15 is 0 Å². The fourth-order valence-electron chi connectivity index (χ4n) is 1.28. The Hall–Kier alpha value is -2.02. The first-order valence-electron chi connectivity index (χ1n) is 6.92. The molecule has 1 aromatic rings. The summed E-state index contributed by atoms with van der Waals surface area (Å²) in [7, 11) is 0. The summed E-state index contributed by atoms with van der Waals surface area (Å²) in [6.07, 6.45) is 2.45. The minimum absolute atomic E-state index is 0.162. The normalized spacial score (nSPS) is 12.6. The molecule has 1 N–H and O–H groups in total. The highest BCUT2D eigenvalue weighted by molar-refractivity contribution is 5.44. The molecule has 2 atom stereocenters. The molecule has 2 unspecified atom stereocenters. The summed E-state index contributed by atoms with van der Waals surface area (Å²) in [6, 6.07) is 1.36. The molecule has 1 rings (SSSR count). The van der Waals surface area contributed by atoms with Crippen molar-refractivity contribution in [2.75, 3.05) is 0 Å². The van der Waals surface area contributed by atoms with Gasteiger partial charge in [-0.3, -0.25) is 0 Å². The van der Waals surface area contributed by atoms with Crippen molar-refractivity contribution in [3.63, 3.8) is 0 Å². The Morgan fingerprint density at radius 2 is 1.10 bits per heavy atom. The number of aliphatic imine (C=N–C) groups is 3. The summed E-state index contributed by atoms with van der Waals surface area (Å²) < 4.78 is 0. The molecular weight excluding hydrogens is 266 g/mol. The van der Waals surface area contributed by atoms with Crippen molar-refractivity contribution in [3.8, 4) is 0 Å². The van der Waals surface area contributed by atoms with Crippen LogP contribution in [0.15, 0.2) is 15.0 Å². The van der Waals surface area contributed by atoms with Gasteiger partial charge in [0.15, 0.2) is 0 Å². The van der Waals surface area contributed by atoms with E-state index in [1.165, 1.54) is 12.8 Å². The van der Waals surface area contributed by atoms with Crippen molar-refractivity contribution in [2.45, 2.75) is 52.6 Å². The SMILES string of the molecule is C=Nc1nc(N=C)nc(N=C)n1.CCC(C)NC(C)CC. The third-order valence-electron chi connectivity index (χ3n) is 2.82.